The average molecular weight is 705 g/mol. The van der Waals surface area contributed by atoms with Gasteiger partial charge in [-0.15, -0.1) is 0 Å². The Labute approximate surface area is 293 Å². The van der Waals surface area contributed by atoms with Gasteiger partial charge in [0.2, 0.25) is 11.4 Å². The third-order valence-corrected chi connectivity index (χ3v) is 8.46. The Morgan fingerprint density at radius 1 is 0.489 bits per heavy atom. The quantitative estimate of drug-likeness (QED) is 0.0567. The first kappa shape index (κ1) is 43.2. The Balaban J connectivity index is 0.00000372. The Morgan fingerprint density at radius 2 is 0.844 bits per heavy atom. The summed E-state index contributed by atoms with van der Waals surface area (Å²) < 4.78 is 1.58. The normalized spacial score (nSPS) is 12.4. The zero-order chi connectivity index (χ0) is 32.6. The summed E-state index contributed by atoms with van der Waals surface area (Å²) in [4.78, 5) is 0. The van der Waals surface area contributed by atoms with Crippen LogP contribution in [0.15, 0.2) is 59.7 Å². The zero-order valence-corrected chi connectivity index (χ0v) is 31.5. The largest absolute Gasteiger partial charge is 2.00 e. The van der Waals surface area contributed by atoms with Crippen LogP contribution in [0.1, 0.15) is 167 Å². The van der Waals surface area contributed by atoms with Crippen molar-refractivity contribution in [3.05, 3.63) is 101 Å². The molecule has 0 bridgehead atoms. The summed E-state index contributed by atoms with van der Waals surface area (Å²) in [7, 11) is 0. The number of aryl methyl sites for hydroxylation is 2. The van der Waals surface area contributed by atoms with Crippen molar-refractivity contribution in [1.82, 2.24) is 0 Å². The predicted molar refractivity (Wildman–Crippen MR) is 196 cm³/mol. The second-order valence-corrected chi connectivity index (χ2v) is 11.9. The van der Waals surface area contributed by atoms with Gasteiger partial charge in [-0.1, -0.05) is 116 Å². The molecule has 0 N–H and O–H groups in total. The molecule has 1 aliphatic heterocycles. The molecule has 2 nitrogen and oxygen atoms in total. The monoisotopic (exact) mass is 704 g/mol. The van der Waals surface area contributed by atoms with Gasteiger partial charge in [0.1, 0.15) is 0 Å². The van der Waals surface area contributed by atoms with Crippen molar-refractivity contribution in [2.45, 2.75) is 157 Å². The molecule has 1 aliphatic rings. The van der Waals surface area contributed by atoms with Crippen molar-refractivity contribution < 1.29 is 25.1 Å². The molecule has 0 aromatic heterocycles. The van der Waals surface area contributed by atoms with Crippen LogP contribution < -0.4 is 0 Å². The number of nitrogens with zero attached hydrogens (tertiary/aromatic N) is 2. The Bertz CT molecular complexity index is 1130. The van der Waals surface area contributed by atoms with E-state index in [1.165, 1.54) is 105 Å². The maximum Gasteiger partial charge on any atom is 2.00 e. The molecular weight excluding hydrogens is 639 g/mol. The molecule has 2 aromatic rings. The standard InChI is InChI=1S/C38H56N2.2C2H5.Pd/c1-5-9-13-14-15-18-28-36-35(27-12-8-4)37(33-25-19-23-31(29-33)21-16-10-6-2)40(39)38(36)34-26-20-24-32(30-34)22-17-11-7-3;2*1-2;/h19-20,23-26,29-30H,5-18,21-22,27-28H2,1-4H3;2*1H2,2H3;/q;2*-1;+2. The van der Waals surface area contributed by atoms with Gasteiger partial charge in [-0.3, -0.25) is 0 Å². The zero-order valence-electron chi connectivity index (χ0n) is 30.0. The third-order valence-electron chi connectivity index (χ3n) is 8.46. The van der Waals surface area contributed by atoms with Crippen LogP contribution in [0.3, 0.4) is 0 Å². The van der Waals surface area contributed by atoms with Gasteiger partial charge in [-0.05, 0) is 86.8 Å². The smallest absolute Gasteiger partial charge is 0.493 e. The molecule has 3 heteroatoms. The van der Waals surface area contributed by atoms with Crippen molar-refractivity contribution >= 4 is 11.4 Å². The molecule has 0 saturated heterocycles. The molecule has 3 rings (SSSR count). The molecular formula is C42H66N2Pd. The van der Waals surface area contributed by atoms with E-state index in [1.54, 1.807) is 18.5 Å². The Hall–Kier alpha value is -1.82. The average Bonchev–Trinajstić information content (AvgIpc) is 3.34. The first-order valence-corrected chi connectivity index (χ1v) is 18.2. The van der Waals surface area contributed by atoms with E-state index in [4.69, 9.17) is 0 Å². The molecule has 0 spiro atoms. The Kier molecular flexibility index (Phi) is 26.2. The number of unbranched alkanes of at least 4 members (excludes halogenated alkanes) is 10. The van der Waals surface area contributed by atoms with Gasteiger partial charge in [0.05, 0.1) is 0 Å². The number of benzene rings is 2. The van der Waals surface area contributed by atoms with Crippen LogP contribution in [0.5, 0.6) is 0 Å². The maximum atomic E-state index is 12.0. The fourth-order valence-electron chi connectivity index (χ4n) is 6.13. The maximum absolute atomic E-state index is 12.0. The fourth-order valence-corrected chi connectivity index (χ4v) is 6.13. The van der Waals surface area contributed by atoms with Crippen LogP contribution in [0.2, 0.25) is 0 Å². The van der Waals surface area contributed by atoms with E-state index in [0.29, 0.717) is 0 Å². The van der Waals surface area contributed by atoms with E-state index in [9.17, 15) is 5.53 Å². The first-order chi connectivity index (χ1) is 21.6. The molecule has 0 radical (unpaired) electrons. The van der Waals surface area contributed by atoms with Gasteiger partial charge in [-0.25, -0.2) is 4.70 Å². The van der Waals surface area contributed by atoms with Gasteiger partial charge in [-0.2, -0.15) is 13.8 Å². The van der Waals surface area contributed by atoms with E-state index in [2.05, 4.69) is 90.1 Å². The SMILES string of the molecule is CCCCCCCCC1=C(c2cccc(CCCCC)c2)[N+](=[N-])C(c2cccc(CCCCC)c2)=C1CCCC.[CH2-]C.[CH2-]C.[Pd+2]. The molecule has 0 saturated carbocycles. The van der Waals surface area contributed by atoms with Crippen molar-refractivity contribution in [1.29, 1.82) is 0 Å². The van der Waals surface area contributed by atoms with E-state index in [1.807, 2.05) is 0 Å². The fraction of sp³-hybridized carbons (Fsp3) is 0.571. The van der Waals surface area contributed by atoms with E-state index < -0.39 is 0 Å². The number of hydrogen-bond donors (Lipinski definition) is 0. The molecule has 0 amide bonds. The number of allylic oxidation sites excluding steroid dienone is 2. The topological polar surface area (TPSA) is 25.3 Å². The summed E-state index contributed by atoms with van der Waals surface area (Å²) in [5.74, 6) is 0. The second-order valence-electron chi connectivity index (χ2n) is 11.9. The summed E-state index contributed by atoms with van der Waals surface area (Å²) in [6, 6.07) is 18.0. The van der Waals surface area contributed by atoms with Crippen LogP contribution in [0, 0.1) is 13.8 Å². The summed E-state index contributed by atoms with van der Waals surface area (Å²) in [6.07, 6.45) is 21.8. The number of rotatable bonds is 20. The summed E-state index contributed by atoms with van der Waals surface area (Å²) >= 11 is 0. The summed E-state index contributed by atoms with van der Waals surface area (Å²) in [6.45, 7) is 19.1. The van der Waals surface area contributed by atoms with E-state index in [-0.39, 0.29) is 20.4 Å². The minimum Gasteiger partial charge on any atom is -0.493 e. The van der Waals surface area contributed by atoms with Crippen molar-refractivity contribution in [2.75, 3.05) is 0 Å². The summed E-state index contributed by atoms with van der Waals surface area (Å²) in [5, 5.41) is 0. The molecule has 1 heterocycles. The van der Waals surface area contributed by atoms with Gasteiger partial charge in [0, 0.05) is 22.3 Å². The minimum absolute atomic E-state index is 0. The van der Waals surface area contributed by atoms with Gasteiger partial charge in [0.15, 0.2) is 0 Å². The molecule has 0 fully saturated rings. The van der Waals surface area contributed by atoms with Gasteiger partial charge >= 0.3 is 20.4 Å². The second kappa shape index (κ2) is 27.3. The van der Waals surface area contributed by atoms with Gasteiger partial charge in [0.25, 0.3) is 0 Å². The summed E-state index contributed by atoms with van der Waals surface area (Å²) in [5.41, 5.74) is 21.9. The van der Waals surface area contributed by atoms with Crippen LogP contribution in [0.25, 0.3) is 16.9 Å². The van der Waals surface area contributed by atoms with Gasteiger partial charge < -0.3 is 19.4 Å². The molecule has 0 unspecified atom stereocenters. The molecule has 0 atom stereocenters. The predicted octanol–water partition coefficient (Wildman–Crippen LogP) is 13.9. The number of hydrogen-bond acceptors (Lipinski definition) is 0. The Morgan fingerprint density at radius 3 is 1.29 bits per heavy atom. The molecule has 0 aliphatic carbocycles. The van der Waals surface area contributed by atoms with Crippen molar-refractivity contribution in [2.24, 2.45) is 0 Å². The van der Waals surface area contributed by atoms with Crippen LogP contribution >= 0.6 is 0 Å². The van der Waals surface area contributed by atoms with Crippen molar-refractivity contribution in [3.8, 4) is 0 Å². The van der Waals surface area contributed by atoms with E-state index in [0.717, 1.165) is 55.5 Å². The first-order valence-electron chi connectivity index (χ1n) is 18.2. The molecule has 254 valence electrons. The molecule has 2 aromatic carbocycles. The van der Waals surface area contributed by atoms with E-state index >= 15 is 0 Å². The van der Waals surface area contributed by atoms with Crippen molar-refractivity contribution in [3.63, 3.8) is 0 Å². The van der Waals surface area contributed by atoms with Crippen LogP contribution in [-0.2, 0) is 33.3 Å². The molecule has 45 heavy (non-hydrogen) atoms. The van der Waals surface area contributed by atoms with Crippen LogP contribution in [-0.4, -0.2) is 4.70 Å². The van der Waals surface area contributed by atoms with Crippen LogP contribution in [0.4, 0.5) is 0 Å². The third kappa shape index (κ3) is 14.7. The minimum atomic E-state index is 0.